The molecule has 0 amide bonds. The number of ether oxygens (including phenoxy) is 1. The number of hydrogen-bond donors (Lipinski definition) is 1. The summed E-state index contributed by atoms with van der Waals surface area (Å²) in [4.78, 5) is 12.5. The Labute approximate surface area is 147 Å². The third-order valence-electron chi connectivity index (χ3n) is 4.01. The van der Waals surface area contributed by atoms with Crippen molar-refractivity contribution in [2.45, 2.75) is 19.8 Å². The van der Waals surface area contributed by atoms with E-state index in [1.165, 1.54) is 5.56 Å². The first-order valence-corrected chi connectivity index (χ1v) is 8.37. The summed E-state index contributed by atoms with van der Waals surface area (Å²) in [6.45, 7) is 2.12. The van der Waals surface area contributed by atoms with Gasteiger partial charge in [0.05, 0.1) is 5.56 Å². The van der Waals surface area contributed by atoms with Gasteiger partial charge in [-0.05, 0) is 36.2 Å². The maximum Gasteiger partial charge on any atom is 0.343 e. The van der Waals surface area contributed by atoms with Gasteiger partial charge in [0.2, 0.25) is 0 Å². The van der Waals surface area contributed by atoms with Gasteiger partial charge < -0.3 is 9.84 Å². The standard InChI is InChI=1S/C22H20O3/c1-2-7-16-12-14-17(15-13-16)22(24)25-21-11-6-4-9-19(21)18-8-3-5-10-20(18)23/h3-6,8-15,23H,2,7H2,1H3. The van der Waals surface area contributed by atoms with E-state index in [4.69, 9.17) is 4.74 Å². The molecule has 3 aromatic carbocycles. The highest BCUT2D eigenvalue weighted by molar-refractivity contribution is 5.92. The zero-order chi connectivity index (χ0) is 17.6. The molecule has 1 N–H and O–H groups in total. The number of carbonyl (C=O) groups excluding carboxylic acids is 1. The molecule has 0 aliphatic heterocycles. The molecule has 0 bridgehead atoms. The number of benzene rings is 3. The van der Waals surface area contributed by atoms with E-state index in [0.717, 1.165) is 12.8 Å². The second kappa shape index (κ2) is 7.67. The summed E-state index contributed by atoms with van der Waals surface area (Å²) in [5.41, 5.74) is 3.02. The summed E-state index contributed by atoms with van der Waals surface area (Å²) in [7, 11) is 0. The summed E-state index contributed by atoms with van der Waals surface area (Å²) in [5.74, 6) is 0.160. The highest BCUT2D eigenvalue weighted by atomic mass is 16.5. The Morgan fingerprint density at radius 1 is 0.880 bits per heavy atom. The van der Waals surface area contributed by atoms with E-state index in [2.05, 4.69) is 6.92 Å². The molecule has 0 heterocycles. The fraction of sp³-hybridized carbons (Fsp3) is 0.136. The Morgan fingerprint density at radius 3 is 2.20 bits per heavy atom. The van der Waals surface area contributed by atoms with Crippen LogP contribution in [-0.2, 0) is 6.42 Å². The molecular formula is C22H20O3. The van der Waals surface area contributed by atoms with Crippen molar-refractivity contribution in [1.82, 2.24) is 0 Å². The van der Waals surface area contributed by atoms with Crippen molar-refractivity contribution in [3.8, 4) is 22.6 Å². The summed E-state index contributed by atoms with van der Waals surface area (Å²) in [6, 6.07) is 21.7. The van der Waals surface area contributed by atoms with E-state index >= 15 is 0 Å². The molecule has 0 spiro atoms. The smallest absolute Gasteiger partial charge is 0.343 e. The molecule has 3 heteroatoms. The zero-order valence-corrected chi connectivity index (χ0v) is 14.1. The van der Waals surface area contributed by atoms with Crippen molar-refractivity contribution >= 4 is 5.97 Å². The van der Waals surface area contributed by atoms with Gasteiger partial charge in [-0.15, -0.1) is 0 Å². The lowest BCUT2D eigenvalue weighted by atomic mass is 10.0. The van der Waals surface area contributed by atoms with Crippen LogP contribution in [0.15, 0.2) is 72.8 Å². The molecule has 0 radical (unpaired) electrons. The van der Waals surface area contributed by atoms with Gasteiger partial charge in [0.15, 0.2) is 0 Å². The van der Waals surface area contributed by atoms with E-state index in [1.54, 1.807) is 42.5 Å². The van der Waals surface area contributed by atoms with Crippen LogP contribution in [0.5, 0.6) is 11.5 Å². The van der Waals surface area contributed by atoms with E-state index in [9.17, 15) is 9.90 Å². The molecule has 0 saturated carbocycles. The van der Waals surface area contributed by atoms with Gasteiger partial charge >= 0.3 is 5.97 Å². The molecule has 3 rings (SSSR count). The average Bonchev–Trinajstić information content (AvgIpc) is 2.64. The number of esters is 1. The Bertz CT molecular complexity index is 866. The normalized spacial score (nSPS) is 10.4. The van der Waals surface area contributed by atoms with Gasteiger partial charge in [0.1, 0.15) is 11.5 Å². The molecule has 25 heavy (non-hydrogen) atoms. The predicted octanol–water partition coefficient (Wildman–Crippen LogP) is 5.23. The number of aromatic hydroxyl groups is 1. The second-order valence-corrected chi connectivity index (χ2v) is 5.85. The van der Waals surface area contributed by atoms with Crippen molar-refractivity contribution in [3.63, 3.8) is 0 Å². The SMILES string of the molecule is CCCc1ccc(C(=O)Oc2ccccc2-c2ccccc2O)cc1. The van der Waals surface area contributed by atoms with E-state index in [-0.39, 0.29) is 5.75 Å². The quantitative estimate of drug-likeness (QED) is 0.514. The Hall–Kier alpha value is -3.07. The molecule has 0 unspecified atom stereocenters. The Kier molecular flexibility index (Phi) is 5.14. The fourth-order valence-electron chi connectivity index (χ4n) is 2.73. The van der Waals surface area contributed by atoms with Crippen molar-refractivity contribution in [3.05, 3.63) is 83.9 Å². The van der Waals surface area contributed by atoms with Crippen molar-refractivity contribution in [1.29, 1.82) is 0 Å². The maximum absolute atomic E-state index is 12.5. The molecule has 0 aromatic heterocycles. The number of hydrogen-bond acceptors (Lipinski definition) is 3. The Morgan fingerprint density at radius 2 is 1.52 bits per heavy atom. The predicted molar refractivity (Wildman–Crippen MR) is 98.9 cm³/mol. The van der Waals surface area contributed by atoms with E-state index < -0.39 is 5.97 Å². The highest BCUT2D eigenvalue weighted by Crippen LogP contribution is 2.35. The van der Waals surface area contributed by atoms with Crippen LogP contribution in [0.1, 0.15) is 29.3 Å². The first-order valence-electron chi connectivity index (χ1n) is 8.37. The van der Waals surface area contributed by atoms with E-state index in [0.29, 0.717) is 22.4 Å². The van der Waals surface area contributed by atoms with Gasteiger partial charge in [-0.1, -0.05) is 61.9 Å². The van der Waals surface area contributed by atoms with Gasteiger partial charge in [0, 0.05) is 11.1 Å². The average molecular weight is 332 g/mol. The molecule has 0 aliphatic rings. The number of phenolic OH excluding ortho intramolecular Hbond substituents is 1. The summed E-state index contributed by atoms with van der Waals surface area (Å²) < 4.78 is 5.59. The largest absolute Gasteiger partial charge is 0.507 e. The Balaban J connectivity index is 1.86. The highest BCUT2D eigenvalue weighted by Gasteiger charge is 2.14. The van der Waals surface area contributed by atoms with Crippen LogP contribution in [0.3, 0.4) is 0 Å². The zero-order valence-electron chi connectivity index (χ0n) is 14.1. The van der Waals surface area contributed by atoms with Gasteiger partial charge in [-0.2, -0.15) is 0 Å². The van der Waals surface area contributed by atoms with Crippen LogP contribution in [0.4, 0.5) is 0 Å². The summed E-state index contributed by atoms with van der Waals surface area (Å²) >= 11 is 0. The maximum atomic E-state index is 12.5. The molecule has 0 fully saturated rings. The molecule has 3 nitrogen and oxygen atoms in total. The number of para-hydroxylation sites is 2. The van der Waals surface area contributed by atoms with Gasteiger partial charge in [-0.3, -0.25) is 0 Å². The van der Waals surface area contributed by atoms with Crippen molar-refractivity contribution < 1.29 is 14.6 Å². The lowest BCUT2D eigenvalue weighted by Gasteiger charge is -2.11. The molecule has 0 atom stereocenters. The number of phenols is 1. The number of aryl methyl sites for hydroxylation is 1. The number of rotatable bonds is 5. The molecule has 0 saturated heterocycles. The van der Waals surface area contributed by atoms with Crippen LogP contribution < -0.4 is 4.74 Å². The van der Waals surface area contributed by atoms with Crippen molar-refractivity contribution in [2.75, 3.05) is 0 Å². The topological polar surface area (TPSA) is 46.5 Å². The number of carbonyl (C=O) groups is 1. The van der Waals surface area contributed by atoms with Crippen LogP contribution in [-0.4, -0.2) is 11.1 Å². The lowest BCUT2D eigenvalue weighted by molar-refractivity contribution is 0.0735. The third-order valence-corrected chi connectivity index (χ3v) is 4.01. The summed E-state index contributed by atoms with van der Waals surface area (Å²) in [5, 5.41) is 10.1. The monoisotopic (exact) mass is 332 g/mol. The van der Waals surface area contributed by atoms with Crippen LogP contribution >= 0.6 is 0 Å². The third kappa shape index (κ3) is 3.89. The lowest BCUT2D eigenvalue weighted by Crippen LogP contribution is -2.09. The van der Waals surface area contributed by atoms with Crippen LogP contribution in [0.2, 0.25) is 0 Å². The van der Waals surface area contributed by atoms with Crippen molar-refractivity contribution in [2.24, 2.45) is 0 Å². The fourth-order valence-corrected chi connectivity index (χ4v) is 2.73. The molecule has 3 aromatic rings. The minimum atomic E-state index is -0.411. The first kappa shape index (κ1) is 16.8. The van der Waals surface area contributed by atoms with Gasteiger partial charge in [-0.25, -0.2) is 4.79 Å². The first-order chi connectivity index (χ1) is 12.2. The molecular weight excluding hydrogens is 312 g/mol. The van der Waals surface area contributed by atoms with Gasteiger partial charge in [0.25, 0.3) is 0 Å². The second-order valence-electron chi connectivity index (χ2n) is 5.85. The van der Waals surface area contributed by atoms with Crippen LogP contribution in [0, 0.1) is 0 Å². The minimum absolute atomic E-state index is 0.148. The molecule has 0 aliphatic carbocycles. The van der Waals surface area contributed by atoms with E-state index in [1.807, 2.05) is 30.3 Å². The molecule has 126 valence electrons. The minimum Gasteiger partial charge on any atom is -0.507 e. The summed E-state index contributed by atoms with van der Waals surface area (Å²) in [6.07, 6.45) is 2.06. The van der Waals surface area contributed by atoms with Crippen LogP contribution in [0.25, 0.3) is 11.1 Å².